The first-order valence-corrected chi connectivity index (χ1v) is 6.43. The number of hydrogen-bond acceptors (Lipinski definition) is 5. The van der Waals surface area contributed by atoms with Crippen molar-refractivity contribution in [3.05, 3.63) is 39.3 Å². The number of halogens is 2. The predicted octanol–water partition coefficient (Wildman–Crippen LogP) is 3.98. The van der Waals surface area contributed by atoms with E-state index in [-0.39, 0.29) is 0 Å². The summed E-state index contributed by atoms with van der Waals surface area (Å²) in [6.45, 7) is 0. The Morgan fingerprint density at radius 1 is 1.39 bits per heavy atom. The number of carbonyl (C=O) groups excluding carboxylic acids is 1. The van der Waals surface area contributed by atoms with E-state index in [9.17, 15) is 4.79 Å². The van der Waals surface area contributed by atoms with E-state index in [2.05, 4.69) is 15.0 Å². The molecule has 0 amide bonds. The van der Waals surface area contributed by atoms with Gasteiger partial charge in [0.15, 0.2) is 5.13 Å². The maximum absolute atomic E-state index is 11.3. The highest BCUT2D eigenvalue weighted by Gasteiger charge is 2.10. The number of nitrogens with zero attached hydrogens (tertiary/aromatic N) is 1. The van der Waals surface area contributed by atoms with Crippen molar-refractivity contribution in [1.82, 2.24) is 4.98 Å². The number of anilines is 2. The van der Waals surface area contributed by atoms with Crippen LogP contribution in [0.5, 0.6) is 0 Å². The molecule has 2 aromatic rings. The first kappa shape index (κ1) is 13.1. The number of thiazole rings is 1. The van der Waals surface area contributed by atoms with E-state index in [1.54, 1.807) is 18.2 Å². The van der Waals surface area contributed by atoms with Crippen LogP contribution in [0.3, 0.4) is 0 Å². The van der Waals surface area contributed by atoms with Gasteiger partial charge in [0, 0.05) is 5.69 Å². The zero-order chi connectivity index (χ0) is 13.1. The molecule has 0 bridgehead atoms. The Hall–Kier alpha value is -1.30. The van der Waals surface area contributed by atoms with Crippen LogP contribution in [-0.4, -0.2) is 18.1 Å². The molecular weight excluding hydrogens is 295 g/mol. The van der Waals surface area contributed by atoms with Crippen molar-refractivity contribution in [3.63, 3.8) is 0 Å². The molecule has 0 aliphatic carbocycles. The molecule has 1 heterocycles. The average Bonchev–Trinajstić information content (AvgIpc) is 2.81. The van der Waals surface area contributed by atoms with E-state index < -0.39 is 5.97 Å². The highest BCUT2D eigenvalue weighted by Crippen LogP contribution is 2.28. The van der Waals surface area contributed by atoms with Crippen LogP contribution in [-0.2, 0) is 4.74 Å². The molecule has 0 saturated heterocycles. The number of carbonyl (C=O) groups is 1. The zero-order valence-corrected chi connectivity index (χ0v) is 11.6. The van der Waals surface area contributed by atoms with Crippen LogP contribution in [0.1, 0.15) is 9.67 Å². The molecule has 0 spiro atoms. The Bertz CT molecular complexity index is 586. The molecule has 0 aliphatic rings. The monoisotopic (exact) mass is 302 g/mol. The van der Waals surface area contributed by atoms with Crippen LogP contribution in [0.15, 0.2) is 24.4 Å². The Morgan fingerprint density at radius 2 is 2.17 bits per heavy atom. The lowest BCUT2D eigenvalue weighted by Crippen LogP contribution is -1.96. The third-order valence-corrected chi connectivity index (χ3v) is 3.69. The molecule has 4 nitrogen and oxygen atoms in total. The Kier molecular flexibility index (Phi) is 4.06. The van der Waals surface area contributed by atoms with Gasteiger partial charge in [-0.25, -0.2) is 9.78 Å². The van der Waals surface area contributed by atoms with Crippen molar-refractivity contribution in [3.8, 4) is 0 Å². The molecule has 0 radical (unpaired) electrons. The van der Waals surface area contributed by atoms with Crippen molar-refractivity contribution < 1.29 is 9.53 Å². The molecule has 94 valence electrons. The van der Waals surface area contributed by atoms with Crippen LogP contribution in [0.25, 0.3) is 0 Å². The minimum Gasteiger partial charge on any atom is -0.465 e. The molecule has 0 aliphatic heterocycles. The summed E-state index contributed by atoms with van der Waals surface area (Å²) in [4.78, 5) is 15.8. The number of rotatable bonds is 3. The lowest BCUT2D eigenvalue weighted by molar-refractivity contribution is 0.0606. The third kappa shape index (κ3) is 2.93. The fourth-order valence-electron chi connectivity index (χ4n) is 1.22. The van der Waals surface area contributed by atoms with Gasteiger partial charge >= 0.3 is 5.97 Å². The first-order valence-electron chi connectivity index (χ1n) is 4.86. The van der Waals surface area contributed by atoms with Gasteiger partial charge < -0.3 is 10.1 Å². The fourth-order valence-corrected chi connectivity index (χ4v) is 2.28. The van der Waals surface area contributed by atoms with Crippen molar-refractivity contribution in [2.24, 2.45) is 0 Å². The number of methoxy groups -OCH3 is 1. The normalized spacial score (nSPS) is 10.2. The second kappa shape index (κ2) is 5.56. The SMILES string of the molecule is COC(=O)c1cnc(Nc2ccc(Cl)c(Cl)c2)s1. The molecule has 1 aromatic heterocycles. The van der Waals surface area contributed by atoms with Crippen LogP contribution >= 0.6 is 34.5 Å². The number of esters is 1. The van der Waals surface area contributed by atoms with E-state index in [1.165, 1.54) is 24.6 Å². The van der Waals surface area contributed by atoms with Crippen LogP contribution < -0.4 is 5.32 Å². The van der Waals surface area contributed by atoms with Gasteiger partial charge in [0.25, 0.3) is 0 Å². The molecule has 0 unspecified atom stereocenters. The molecule has 0 fully saturated rings. The Morgan fingerprint density at radius 3 is 2.83 bits per heavy atom. The van der Waals surface area contributed by atoms with Crippen LogP contribution in [0.2, 0.25) is 10.0 Å². The second-order valence-electron chi connectivity index (χ2n) is 3.28. The van der Waals surface area contributed by atoms with E-state index >= 15 is 0 Å². The van der Waals surface area contributed by atoms with E-state index in [4.69, 9.17) is 23.2 Å². The highest BCUT2D eigenvalue weighted by molar-refractivity contribution is 7.17. The summed E-state index contributed by atoms with van der Waals surface area (Å²) >= 11 is 12.9. The molecular formula is C11H8Cl2N2O2S. The van der Waals surface area contributed by atoms with Gasteiger partial charge in [-0.05, 0) is 18.2 Å². The van der Waals surface area contributed by atoms with Gasteiger partial charge in [0.2, 0.25) is 0 Å². The first-order chi connectivity index (χ1) is 8.60. The van der Waals surface area contributed by atoms with Crippen molar-refractivity contribution in [2.75, 3.05) is 12.4 Å². The summed E-state index contributed by atoms with van der Waals surface area (Å²) in [5, 5.41) is 4.54. The van der Waals surface area contributed by atoms with E-state index in [0.29, 0.717) is 20.1 Å². The summed E-state index contributed by atoms with van der Waals surface area (Å²) < 4.78 is 4.60. The minimum absolute atomic E-state index is 0.408. The quantitative estimate of drug-likeness (QED) is 0.871. The van der Waals surface area contributed by atoms with Crippen LogP contribution in [0, 0.1) is 0 Å². The molecule has 2 rings (SSSR count). The largest absolute Gasteiger partial charge is 0.465 e. The second-order valence-corrected chi connectivity index (χ2v) is 5.12. The molecule has 18 heavy (non-hydrogen) atoms. The van der Waals surface area contributed by atoms with Gasteiger partial charge in [-0.1, -0.05) is 34.5 Å². The number of nitrogens with one attached hydrogen (secondary N) is 1. The molecule has 0 atom stereocenters. The molecule has 7 heteroatoms. The van der Waals surface area contributed by atoms with E-state index in [0.717, 1.165) is 5.69 Å². The number of hydrogen-bond donors (Lipinski definition) is 1. The number of ether oxygens (including phenoxy) is 1. The molecule has 1 aromatic carbocycles. The van der Waals surface area contributed by atoms with Gasteiger partial charge in [-0.2, -0.15) is 0 Å². The minimum atomic E-state index is -0.408. The Labute approximate surface area is 118 Å². The zero-order valence-electron chi connectivity index (χ0n) is 9.24. The maximum atomic E-state index is 11.3. The summed E-state index contributed by atoms with van der Waals surface area (Å²) in [6, 6.07) is 5.14. The number of benzene rings is 1. The lowest BCUT2D eigenvalue weighted by atomic mass is 10.3. The highest BCUT2D eigenvalue weighted by atomic mass is 35.5. The Balaban J connectivity index is 2.16. The van der Waals surface area contributed by atoms with Crippen molar-refractivity contribution >= 4 is 51.3 Å². The van der Waals surface area contributed by atoms with Gasteiger partial charge in [-0.15, -0.1) is 0 Å². The number of aromatic nitrogens is 1. The summed E-state index contributed by atoms with van der Waals surface area (Å²) in [7, 11) is 1.33. The average molecular weight is 303 g/mol. The summed E-state index contributed by atoms with van der Waals surface area (Å²) in [5.74, 6) is -0.408. The fraction of sp³-hybridized carbons (Fsp3) is 0.0909. The molecule has 1 N–H and O–H groups in total. The van der Waals surface area contributed by atoms with Gasteiger partial charge in [0.1, 0.15) is 4.88 Å². The predicted molar refractivity (Wildman–Crippen MR) is 73.2 cm³/mol. The van der Waals surface area contributed by atoms with Gasteiger partial charge in [0.05, 0.1) is 23.4 Å². The van der Waals surface area contributed by atoms with Crippen molar-refractivity contribution in [1.29, 1.82) is 0 Å². The molecule has 0 saturated carbocycles. The third-order valence-electron chi connectivity index (χ3n) is 2.06. The van der Waals surface area contributed by atoms with Gasteiger partial charge in [-0.3, -0.25) is 0 Å². The topological polar surface area (TPSA) is 51.2 Å². The van der Waals surface area contributed by atoms with E-state index in [1.807, 2.05) is 0 Å². The van der Waals surface area contributed by atoms with Crippen LogP contribution in [0.4, 0.5) is 10.8 Å². The summed E-state index contributed by atoms with van der Waals surface area (Å²) in [5.41, 5.74) is 0.746. The standard InChI is InChI=1S/C11H8Cl2N2O2S/c1-17-10(16)9-5-14-11(18-9)15-6-2-3-7(12)8(13)4-6/h2-5H,1H3,(H,14,15). The smallest absolute Gasteiger partial charge is 0.349 e. The van der Waals surface area contributed by atoms with Crippen molar-refractivity contribution in [2.45, 2.75) is 0 Å². The summed E-state index contributed by atoms with van der Waals surface area (Å²) in [6.07, 6.45) is 1.45. The lowest BCUT2D eigenvalue weighted by Gasteiger charge is -2.03. The maximum Gasteiger partial charge on any atom is 0.349 e.